The van der Waals surface area contributed by atoms with Crippen LogP contribution in [0.2, 0.25) is 11.6 Å². The lowest BCUT2D eigenvalue weighted by atomic mass is 9.40. The van der Waals surface area contributed by atoms with Crippen LogP contribution in [-0.2, 0) is 0 Å². The van der Waals surface area contributed by atoms with Gasteiger partial charge in [-0.25, -0.2) is 0 Å². The highest BCUT2D eigenvalue weighted by Gasteiger charge is 2.36. The Bertz CT molecular complexity index is 174. The molecule has 0 aliphatic carbocycles. The zero-order valence-electron chi connectivity index (χ0n) is 9.84. The molecule has 0 aromatic rings. The van der Waals surface area contributed by atoms with Gasteiger partial charge in [0.15, 0.2) is 0 Å². The first kappa shape index (κ1) is 10.6. The summed E-state index contributed by atoms with van der Waals surface area (Å²) in [7, 11) is 2.72. The summed E-state index contributed by atoms with van der Waals surface area (Å²) in [6.07, 6.45) is 10.3. The summed E-state index contributed by atoms with van der Waals surface area (Å²) in [6, 6.07) is 0. The van der Waals surface area contributed by atoms with Crippen LogP contribution < -0.4 is 0 Å². The summed E-state index contributed by atoms with van der Waals surface area (Å²) >= 11 is 0. The van der Waals surface area contributed by atoms with Crippen molar-refractivity contribution in [1.29, 1.82) is 0 Å². The quantitative estimate of drug-likeness (QED) is 0.583. The van der Waals surface area contributed by atoms with Gasteiger partial charge in [0.2, 0.25) is 0 Å². The van der Waals surface area contributed by atoms with Gasteiger partial charge < -0.3 is 0 Å². The molecule has 3 atom stereocenters. The van der Waals surface area contributed by atoms with Gasteiger partial charge in [-0.1, -0.05) is 70.4 Å². The van der Waals surface area contributed by atoms with Crippen molar-refractivity contribution >= 4 is 7.28 Å². The van der Waals surface area contributed by atoms with Crippen LogP contribution in [0.15, 0.2) is 0 Å². The van der Waals surface area contributed by atoms with Crippen molar-refractivity contribution in [2.24, 2.45) is 11.8 Å². The van der Waals surface area contributed by atoms with E-state index < -0.39 is 0 Å². The van der Waals surface area contributed by atoms with Gasteiger partial charge in [0.05, 0.1) is 0 Å². The normalized spacial score (nSPS) is 36.9. The van der Waals surface area contributed by atoms with Crippen molar-refractivity contribution < 1.29 is 0 Å². The minimum atomic E-state index is 0.993. The van der Waals surface area contributed by atoms with E-state index >= 15 is 0 Å². The number of hydrogen-bond donors (Lipinski definition) is 0. The van der Waals surface area contributed by atoms with Crippen LogP contribution in [0.1, 0.15) is 58.8 Å². The van der Waals surface area contributed by atoms with E-state index in [4.69, 9.17) is 0 Å². The second kappa shape index (κ2) is 4.72. The molecule has 79 valence electrons. The van der Waals surface area contributed by atoms with E-state index in [2.05, 4.69) is 21.1 Å². The van der Waals surface area contributed by atoms with E-state index in [-0.39, 0.29) is 0 Å². The summed E-state index contributed by atoms with van der Waals surface area (Å²) in [5, 5.41) is 0. The van der Waals surface area contributed by atoms with E-state index in [1.54, 1.807) is 0 Å². The topological polar surface area (TPSA) is 0 Å². The largest absolute Gasteiger partial charge is 0.118 e. The lowest BCUT2D eigenvalue weighted by Gasteiger charge is -2.43. The van der Waals surface area contributed by atoms with Crippen molar-refractivity contribution in [3.05, 3.63) is 0 Å². The Morgan fingerprint density at radius 3 is 2.57 bits per heavy atom. The molecule has 2 aliphatic heterocycles. The van der Waals surface area contributed by atoms with Crippen LogP contribution in [-0.4, -0.2) is 7.28 Å². The van der Waals surface area contributed by atoms with Crippen molar-refractivity contribution in [1.82, 2.24) is 0 Å². The Balaban J connectivity index is 1.97. The second-order valence-electron chi connectivity index (χ2n) is 5.37. The van der Waals surface area contributed by atoms with Crippen LogP contribution in [0.5, 0.6) is 0 Å². The lowest BCUT2D eigenvalue weighted by Crippen LogP contribution is -2.33. The monoisotopic (exact) mass is 191 g/mol. The molecular weight excluding hydrogens is 167 g/mol. The number of rotatable bonds is 3. The van der Waals surface area contributed by atoms with E-state index in [1.165, 1.54) is 44.9 Å². The molecular formula is C13H24B. The molecule has 0 aromatic heterocycles. The molecule has 14 heavy (non-hydrogen) atoms. The molecule has 2 rings (SSSR count). The maximum absolute atomic E-state index is 2.72. The highest BCUT2D eigenvalue weighted by Crippen LogP contribution is 2.48. The predicted octanol–water partition coefficient (Wildman–Crippen LogP) is 4.30. The minimum absolute atomic E-state index is 0.993. The van der Waals surface area contributed by atoms with Gasteiger partial charge in [0.1, 0.15) is 7.28 Å². The highest BCUT2D eigenvalue weighted by molar-refractivity contribution is 6.40. The van der Waals surface area contributed by atoms with Gasteiger partial charge >= 0.3 is 0 Å². The highest BCUT2D eigenvalue weighted by atomic mass is 14.3. The molecule has 1 heteroatoms. The van der Waals surface area contributed by atoms with Crippen LogP contribution in [0, 0.1) is 11.8 Å². The fraction of sp³-hybridized carbons (Fsp3) is 1.00. The van der Waals surface area contributed by atoms with Gasteiger partial charge in [-0.2, -0.15) is 0 Å². The van der Waals surface area contributed by atoms with Crippen molar-refractivity contribution in [3.8, 4) is 0 Å². The SMILES string of the molecule is CCC(CC)[C@H]1CCC2[B]C1CCC2. The van der Waals surface area contributed by atoms with Crippen LogP contribution in [0.4, 0.5) is 0 Å². The summed E-state index contributed by atoms with van der Waals surface area (Å²) < 4.78 is 0. The number of hydrogen-bond acceptors (Lipinski definition) is 0. The molecule has 0 saturated carbocycles. The molecule has 0 spiro atoms. The summed E-state index contributed by atoms with van der Waals surface area (Å²) in [5.41, 5.74) is 0. The summed E-state index contributed by atoms with van der Waals surface area (Å²) in [5.74, 6) is 4.05. The van der Waals surface area contributed by atoms with Gasteiger partial charge in [-0.3, -0.25) is 0 Å². The van der Waals surface area contributed by atoms with Crippen molar-refractivity contribution in [2.75, 3.05) is 0 Å². The molecule has 2 fully saturated rings. The first-order chi connectivity index (χ1) is 6.85. The average Bonchev–Trinajstić information content (AvgIpc) is 2.23. The third-order valence-electron chi connectivity index (χ3n) is 4.71. The first-order valence-electron chi connectivity index (χ1n) is 6.70. The zero-order valence-corrected chi connectivity index (χ0v) is 9.84. The third-order valence-corrected chi connectivity index (χ3v) is 4.71. The van der Waals surface area contributed by atoms with Gasteiger partial charge in [-0.15, -0.1) is 0 Å². The molecule has 0 aromatic carbocycles. The van der Waals surface area contributed by atoms with Crippen molar-refractivity contribution in [2.45, 2.75) is 70.4 Å². The van der Waals surface area contributed by atoms with Crippen molar-refractivity contribution in [3.63, 3.8) is 0 Å². The Labute approximate surface area is 90.1 Å². The van der Waals surface area contributed by atoms with Gasteiger partial charge in [0, 0.05) is 0 Å². The maximum Gasteiger partial charge on any atom is 0.118 e. The fourth-order valence-electron chi connectivity index (χ4n) is 3.86. The minimum Gasteiger partial charge on any atom is -0.0686 e. The van der Waals surface area contributed by atoms with Crippen LogP contribution in [0.25, 0.3) is 0 Å². The van der Waals surface area contributed by atoms with Gasteiger partial charge in [-0.05, 0) is 11.8 Å². The molecule has 2 unspecified atom stereocenters. The van der Waals surface area contributed by atoms with E-state index in [9.17, 15) is 0 Å². The predicted molar refractivity (Wildman–Crippen MR) is 63.9 cm³/mol. The van der Waals surface area contributed by atoms with Gasteiger partial charge in [0.25, 0.3) is 0 Å². The Kier molecular flexibility index (Phi) is 3.57. The molecule has 2 aliphatic rings. The molecule has 0 N–H and O–H groups in total. The molecule has 0 amide bonds. The molecule has 2 heterocycles. The van der Waals surface area contributed by atoms with E-state index in [1.807, 2.05) is 0 Å². The second-order valence-corrected chi connectivity index (χ2v) is 5.37. The van der Waals surface area contributed by atoms with E-state index in [0.717, 1.165) is 23.5 Å². The molecule has 1 radical (unpaired) electrons. The number of fused-ring (bicyclic) bond motifs is 2. The molecule has 2 bridgehead atoms. The Morgan fingerprint density at radius 2 is 1.86 bits per heavy atom. The summed E-state index contributed by atoms with van der Waals surface area (Å²) in [6.45, 7) is 4.76. The fourth-order valence-corrected chi connectivity index (χ4v) is 3.86. The molecule has 0 nitrogen and oxygen atoms in total. The van der Waals surface area contributed by atoms with Crippen LogP contribution >= 0.6 is 0 Å². The van der Waals surface area contributed by atoms with Crippen LogP contribution in [0.3, 0.4) is 0 Å². The standard InChI is InChI=1S/C13H24B/c1-3-10(4-2)12-9-8-11-6-5-7-13(12)14-11/h10-13H,3-9H2,1-2H3/t11?,12-,13?/m1/s1. The smallest absolute Gasteiger partial charge is 0.0686 e. The van der Waals surface area contributed by atoms with E-state index in [0.29, 0.717) is 0 Å². The Morgan fingerprint density at radius 1 is 1.07 bits per heavy atom. The Hall–Kier alpha value is 0.0649. The average molecular weight is 191 g/mol. The zero-order chi connectivity index (χ0) is 9.97. The summed E-state index contributed by atoms with van der Waals surface area (Å²) in [4.78, 5) is 0. The maximum atomic E-state index is 2.72. The molecule has 2 saturated heterocycles. The lowest BCUT2D eigenvalue weighted by molar-refractivity contribution is 0.232. The first-order valence-corrected chi connectivity index (χ1v) is 6.70. The third kappa shape index (κ3) is 2.02.